The van der Waals surface area contributed by atoms with Crippen molar-refractivity contribution in [3.05, 3.63) is 17.0 Å². The maximum atomic E-state index is 4.24. The van der Waals surface area contributed by atoms with Crippen LogP contribution in [-0.2, 0) is 6.54 Å². The molecule has 1 aliphatic rings. The van der Waals surface area contributed by atoms with Crippen molar-refractivity contribution < 1.29 is 0 Å². The number of H-pyrrole nitrogens is 1. The van der Waals surface area contributed by atoms with E-state index in [-0.39, 0.29) is 0 Å². The van der Waals surface area contributed by atoms with E-state index >= 15 is 0 Å². The van der Waals surface area contributed by atoms with Crippen molar-refractivity contribution in [2.75, 3.05) is 0 Å². The lowest BCUT2D eigenvalue weighted by Gasteiger charge is -2.34. The molecule has 2 N–H and O–H groups in total. The average molecular weight is 221 g/mol. The minimum absolute atomic E-state index is 0.342. The number of aromatic nitrogens is 2. The first-order chi connectivity index (χ1) is 7.61. The van der Waals surface area contributed by atoms with Crippen molar-refractivity contribution in [1.82, 2.24) is 15.5 Å². The fraction of sp³-hybridized carbons (Fsp3) is 0.769. The number of hydrogen-bond donors (Lipinski definition) is 2. The van der Waals surface area contributed by atoms with Gasteiger partial charge in [0.25, 0.3) is 0 Å². The predicted octanol–water partition coefficient (Wildman–Crippen LogP) is 2.84. The van der Waals surface area contributed by atoms with Crippen LogP contribution >= 0.6 is 0 Å². The van der Waals surface area contributed by atoms with Gasteiger partial charge in [-0.25, -0.2) is 0 Å². The van der Waals surface area contributed by atoms with Gasteiger partial charge in [-0.3, -0.25) is 5.10 Å². The molecule has 90 valence electrons. The van der Waals surface area contributed by atoms with Gasteiger partial charge in [0.1, 0.15) is 0 Å². The predicted molar refractivity (Wildman–Crippen MR) is 66.4 cm³/mol. The highest BCUT2D eigenvalue weighted by Crippen LogP contribution is 2.28. The molecule has 0 aliphatic heterocycles. The monoisotopic (exact) mass is 221 g/mol. The number of nitrogens with zero attached hydrogens (tertiary/aromatic N) is 1. The van der Waals surface area contributed by atoms with Crippen molar-refractivity contribution in [3.8, 4) is 0 Å². The van der Waals surface area contributed by atoms with Crippen LogP contribution in [-0.4, -0.2) is 15.7 Å². The van der Waals surface area contributed by atoms with Gasteiger partial charge >= 0.3 is 0 Å². The number of nitrogens with one attached hydrogen (secondary N) is 2. The number of aromatic amines is 1. The molecule has 0 unspecified atom stereocenters. The molecular formula is C13H23N3. The van der Waals surface area contributed by atoms with Crippen LogP contribution in [0.3, 0.4) is 0 Å². The van der Waals surface area contributed by atoms with Crippen molar-refractivity contribution >= 4 is 0 Å². The minimum atomic E-state index is 0.342. The molecule has 1 heterocycles. The largest absolute Gasteiger partial charge is 0.307 e. The van der Waals surface area contributed by atoms with Gasteiger partial charge in [0.05, 0.1) is 5.69 Å². The Morgan fingerprint density at radius 1 is 1.25 bits per heavy atom. The van der Waals surface area contributed by atoms with Gasteiger partial charge in [-0.2, -0.15) is 5.10 Å². The maximum Gasteiger partial charge on any atom is 0.0638 e. The van der Waals surface area contributed by atoms with Crippen LogP contribution in [0.25, 0.3) is 0 Å². The maximum absolute atomic E-state index is 4.24. The van der Waals surface area contributed by atoms with Crippen LogP contribution in [0.15, 0.2) is 0 Å². The van der Waals surface area contributed by atoms with Gasteiger partial charge in [0, 0.05) is 23.3 Å². The van der Waals surface area contributed by atoms with E-state index in [1.807, 2.05) is 0 Å². The number of hydrogen-bond acceptors (Lipinski definition) is 2. The van der Waals surface area contributed by atoms with Crippen LogP contribution in [0.1, 0.15) is 56.0 Å². The summed E-state index contributed by atoms with van der Waals surface area (Å²) < 4.78 is 0. The van der Waals surface area contributed by atoms with Gasteiger partial charge in [-0.05, 0) is 33.6 Å². The molecule has 1 aromatic rings. The Morgan fingerprint density at radius 3 is 2.50 bits per heavy atom. The zero-order valence-corrected chi connectivity index (χ0v) is 10.7. The van der Waals surface area contributed by atoms with Gasteiger partial charge in [0.2, 0.25) is 0 Å². The highest BCUT2D eigenvalue weighted by atomic mass is 15.1. The van der Waals surface area contributed by atoms with Gasteiger partial charge in [-0.15, -0.1) is 0 Å². The molecule has 0 spiro atoms. The highest BCUT2D eigenvalue weighted by molar-refractivity contribution is 5.23. The van der Waals surface area contributed by atoms with E-state index < -0.39 is 0 Å². The lowest BCUT2D eigenvalue weighted by Crippen LogP contribution is -2.43. The van der Waals surface area contributed by atoms with Crippen LogP contribution in [0, 0.1) is 13.8 Å². The molecule has 0 atom stereocenters. The third-order valence-electron chi connectivity index (χ3n) is 3.93. The molecular weight excluding hydrogens is 198 g/mol. The van der Waals surface area contributed by atoms with Crippen molar-refractivity contribution in [3.63, 3.8) is 0 Å². The summed E-state index contributed by atoms with van der Waals surface area (Å²) in [5.74, 6) is 0. The molecule has 1 aliphatic carbocycles. The molecule has 0 bridgehead atoms. The minimum Gasteiger partial charge on any atom is -0.307 e. The van der Waals surface area contributed by atoms with Crippen molar-refractivity contribution in [2.45, 2.75) is 65.0 Å². The van der Waals surface area contributed by atoms with E-state index in [1.165, 1.54) is 43.4 Å². The summed E-state index contributed by atoms with van der Waals surface area (Å²) in [7, 11) is 0. The second kappa shape index (κ2) is 4.58. The molecule has 16 heavy (non-hydrogen) atoms. The quantitative estimate of drug-likeness (QED) is 0.824. The summed E-state index contributed by atoms with van der Waals surface area (Å²) in [5.41, 5.74) is 4.01. The van der Waals surface area contributed by atoms with Crippen LogP contribution < -0.4 is 5.32 Å². The van der Waals surface area contributed by atoms with E-state index in [0.29, 0.717) is 5.54 Å². The van der Waals surface area contributed by atoms with Gasteiger partial charge in [-0.1, -0.05) is 19.3 Å². The summed E-state index contributed by atoms with van der Waals surface area (Å²) in [5, 5.41) is 11.0. The highest BCUT2D eigenvalue weighted by Gasteiger charge is 2.26. The summed E-state index contributed by atoms with van der Waals surface area (Å²) in [6, 6.07) is 0. The molecule has 0 amide bonds. The summed E-state index contributed by atoms with van der Waals surface area (Å²) in [6.45, 7) is 7.48. The topological polar surface area (TPSA) is 40.7 Å². The van der Waals surface area contributed by atoms with E-state index in [9.17, 15) is 0 Å². The third-order valence-corrected chi connectivity index (χ3v) is 3.93. The molecule has 2 rings (SSSR count). The lowest BCUT2D eigenvalue weighted by atomic mass is 9.83. The molecule has 1 saturated carbocycles. The Labute approximate surface area is 98.0 Å². The molecule has 0 saturated heterocycles. The van der Waals surface area contributed by atoms with Gasteiger partial charge in [0.15, 0.2) is 0 Å². The Hall–Kier alpha value is -0.830. The molecule has 0 radical (unpaired) electrons. The Morgan fingerprint density at radius 2 is 1.94 bits per heavy atom. The van der Waals surface area contributed by atoms with Crippen LogP contribution in [0.4, 0.5) is 0 Å². The van der Waals surface area contributed by atoms with E-state index in [0.717, 1.165) is 12.2 Å². The zero-order chi connectivity index (χ0) is 11.6. The van der Waals surface area contributed by atoms with E-state index in [1.54, 1.807) is 0 Å². The lowest BCUT2D eigenvalue weighted by molar-refractivity contribution is 0.252. The first kappa shape index (κ1) is 11.6. The summed E-state index contributed by atoms with van der Waals surface area (Å²) >= 11 is 0. The second-order valence-electron chi connectivity index (χ2n) is 5.39. The van der Waals surface area contributed by atoms with Crippen LogP contribution in [0.5, 0.6) is 0 Å². The first-order valence-corrected chi connectivity index (χ1v) is 6.36. The Kier molecular flexibility index (Phi) is 3.33. The Bertz CT molecular complexity index is 329. The molecule has 3 nitrogen and oxygen atoms in total. The number of rotatable bonds is 3. The molecule has 0 aromatic carbocycles. The number of aryl methyl sites for hydroxylation is 2. The Balaban J connectivity index is 1.96. The van der Waals surface area contributed by atoms with E-state index in [4.69, 9.17) is 0 Å². The molecule has 3 heteroatoms. The summed E-state index contributed by atoms with van der Waals surface area (Å²) in [6.07, 6.45) is 6.76. The standard InChI is InChI=1S/C13H23N3/c1-10-12(11(2)16-15-10)9-14-13(3)7-5-4-6-8-13/h14H,4-9H2,1-3H3,(H,15,16). The third kappa shape index (κ3) is 2.46. The fourth-order valence-electron chi connectivity index (χ4n) is 2.65. The normalized spacial score (nSPS) is 19.9. The molecule has 1 fully saturated rings. The smallest absolute Gasteiger partial charge is 0.0638 e. The summed E-state index contributed by atoms with van der Waals surface area (Å²) in [4.78, 5) is 0. The van der Waals surface area contributed by atoms with E-state index in [2.05, 4.69) is 36.3 Å². The zero-order valence-electron chi connectivity index (χ0n) is 10.7. The van der Waals surface area contributed by atoms with Crippen molar-refractivity contribution in [1.29, 1.82) is 0 Å². The SMILES string of the molecule is Cc1n[nH]c(C)c1CNC1(C)CCCCC1. The average Bonchev–Trinajstić information content (AvgIpc) is 2.57. The van der Waals surface area contributed by atoms with Crippen LogP contribution in [0.2, 0.25) is 0 Å². The first-order valence-electron chi connectivity index (χ1n) is 6.36. The second-order valence-corrected chi connectivity index (χ2v) is 5.39. The molecule has 1 aromatic heterocycles. The fourth-order valence-corrected chi connectivity index (χ4v) is 2.65. The van der Waals surface area contributed by atoms with Gasteiger partial charge < -0.3 is 5.32 Å². The van der Waals surface area contributed by atoms with Crippen molar-refractivity contribution in [2.24, 2.45) is 0 Å².